The van der Waals surface area contributed by atoms with Crippen LogP contribution in [0.5, 0.6) is 0 Å². The molecule has 2 nitrogen and oxygen atoms in total. The molecule has 112 valence electrons. The van der Waals surface area contributed by atoms with Gasteiger partial charge in [0.25, 0.3) is 5.91 Å². The van der Waals surface area contributed by atoms with Gasteiger partial charge in [-0.3, -0.25) is 4.79 Å². The molecule has 0 aliphatic rings. The third-order valence-electron chi connectivity index (χ3n) is 2.93. The number of hydrogen-bond acceptors (Lipinski definition) is 1. The van der Waals surface area contributed by atoms with Crippen LogP contribution in [0.2, 0.25) is 0 Å². The number of amides is 1. The van der Waals surface area contributed by atoms with Gasteiger partial charge in [-0.15, -0.1) is 0 Å². The number of nitrogens with one attached hydrogen (secondary N) is 1. The molecule has 0 bridgehead atoms. The summed E-state index contributed by atoms with van der Waals surface area (Å²) in [6, 6.07) is 0. The average Bonchev–Trinajstić information content (AvgIpc) is 2.43. The Labute approximate surface area is 120 Å². The topological polar surface area (TPSA) is 29.1 Å². The highest BCUT2D eigenvalue weighted by atomic mass is 79.9. The maximum Gasteiger partial charge on any atom is 0.257 e. The molecule has 1 atom stereocenters. The minimum absolute atomic E-state index is 0.248. The van der Waals surface area contributed by atoms with E-state index in [0.717, 1.165) is 0 Å². The van der Waals surface area contributed by atoms with Crippen LogP contribution in [0, 0.1) is 29.1 Å². The van der Waals surface area contributed by atoms with E-state index in [4.69, 9.17) is 0 Å². The molecule has 8 heteroatoms. The van der Waals surface area contributed by atoms with E-state index >= 15 is 0 Å². The summed E-state index contributed by atoms with van der Waals surface area (Å²) in [5.74, 6) is -12.2. The normalized spacial score (nSPS) is 14.0. The summed E-state index contributed by atoms with van der Waals surface area (Å²) in [5.41, 5.74) is -2.36. The molecule has 0 fully saturated rings. The highest BCUT2D eigenvalue weighted by Gasteiger charge is 2.32. The molecule has 0 spiro atoms. The number of carbonyl (C=O) groups is 1. The van der Waals surface area contributed by atoms with Crippen LogP contribution in [0.4, 0.5) is 22.0 Å². The third-order valence-corrected chi connectivity index (χ3v) is 4.17. The highest BCUT2D eigenvalue weighted by Crippen LogP contribution is 2.24. The first kappa shape index (κ1) is 16.9. The smallest absolute Gasteiger partial charge is 0.257 e. The van der Waals surface area contributed by atoms with E-state index in [-0.39, 0.29) is 5.33 Å². The maximum atomic E-state index is 13.4. The van der Waals surface area contributed by atoms with Crippen LogP contribution in [-0.4, -0.2) is 16.8 Å². The van der Waals surface area contributed by atoms with Crippen molar-refractivity contribution in [1.29, 1.82) is 0 Å². The summed E-state index contributed by atoms with van der Waals surface area (Å²) in [5, 5.41) is 2.49. The third kappa shape index (κ3) is 2.94. The fourth-order valence-electron chi connectivity index (χ4n) is 1.36. The molecule has 1 N–H and O–H groups in total. The number of halogens is 6. The van der Waals surface area contributed by atoms with Crippen molar-refractivity contribution in [2.45, 2.75) is 25.8 Å². The second-order valence-corrected chi connectivity index (χ2v) is 5.01. The lowest BCUT2D eigenvalue weighted by molar-refractivity contribution is 0.0901. The minimum Gasteiger partial charge on any atom is -0.346 e. The molecule has 1 unspecified atom stereocenters. The quantitative estimate of drug-likeness (QED) is 0.378. The first-order chi connectivity index (χ1) is 9.18. The molecule has 20 heavy (non-hydrogen) atoms. The van der Waals surface area contributed by atoms with Crippen molar-refractivity contribution in [3.63, 3.8) is 0 Å². The van der Waals surface area contributed by atoms with Crippen LogP contribution in [0.15, 0.2) is 0 Å². The van der Waals surface area contributed by atoms with E-state index in [0.29, 0.717) is 6.42 Å². The van der Waals surface area contributed by atoms with Gasteiger partial charge in [-0.1, -0.05) is 22.9 Å². The van der Waals surface area contributed by atoms with Crippen LogP contribution in [0.25, 0.3) is 0 Å². The first-order valence-electron chi connectivity index (χ1n) is 5.58. The second kappa shape index (κ2) is 6.07. The van der Waals surface area contributed by atoms with Gasteiger partial charge in [0.15, 0.2) is 23.3 Å². The van der Waals surface area contributed by atoms with Crippen molar-refractivity contribution in [3.05, 3.63) is 34.6 Å². The molecule has 1 amide bonds. The van der Waals surface area contributed by atoms with Gasteiger partial charge in [-0.05, 0) is 13.3 Å². The summed E-state index contributed by atoms with van der Waals surface area (Å²) >= 11 is 3.10. The van der Waals surface area contributed by atoms with Gasteiger partial charge >= 0.3 is 0 Å². The Kier molecular flexibility index (Phi) is 5.12. The van der Waals surface area contributed by atoms with E-state index < -0.39 is 46.1 Å². The van der Waals surface area contributed by atoms with E-state index in [9.17, 15) is 26.7 Å². The Hall–Kier alpha value is -1.18. The largest absolute Gasteiger partial charge is 0.346 e. The summed E-state index contributed by atoms with van der Waals surface area (Å²) in [7, 11) is 0. The maximum absolute atomic E-state index is 13.4. The molecule has 0 radical (unpaired) electrons. The van der Waals surface area contributed by atoms with Crippen molar-refractivity contribution < 1.29 is 26.7 Å². The Balaban J connectivity index is 3.31. The Morgan fingerprint density at radius 1 is 1.05 bits per heavy atom. The van der Waals surface area contributed by atoms with Crippen LogP contribution in [0.3, 0.4) is 0 Å². The fourth-order valence-corrected chi connectivity index (χ4v) is 1.89. The van der Waals surface area contributed by atoms with E-state index in [1.165, 1.54) is 0 Å². The van der Waals surface area contributed by atoms with Crippen LogP contribution >= 0.6 is 15.9 Å². The number of hydrogen-bond donors (Lipinski definition) is 1. The lowest BCUT2D eigenvalue weighted by Crippen LogP contribution is -2.47. The lowest BCUT2D eigenvalue weighted by atomic mass is 10.0. The molecule has 0 saturated heterocycles. The number of alkyl halides is 1. The Morgan fingerprint density at radius 2 is 1.45 bits per heavy atom. The van der Waals surface area contributed by atoms with Crippen molar-refractivity contribution in [3.8, 4) is 0 Å². The highest BCUT2D eigenvalue weighted by molar-refractivity contribution is 9.09. The van der Waals surface area contributed by atoms with E-state index in [1.807, 2.05) is 0 Å². The SMILES string of the molecule is CCC(C)(CBr)NC(=O)c1c(F)c(F)c(F)c(F)c1F. The van der Waals surface area contributed by atoms with Gasteiger partial charge in [0.2, 0.25) is 5.82 Å². The molecule has 1 rings (SSSR count). The monoisotopic (exact) mass is 359 g/mol. The van der Waals surface area contributed by atoms with Crippen molar-refractivity contribution in [2.24, 2.45) is 0 Å². The second-order valence-electron chi connectivity index (χ2n) is 4.45. The standard InChI is InChI=1S/C12H11BrF5NO/c1-3-12(2,4-13)19-11(20)5-6(14)8(16)10(18)9(17)7(5)15/h3-4H2,1-2H3,(H,19,20). The van der Waals surface area contributed by atoms with Gasteiger partial charge < -0.3 is 5.32 Å². The number of rotatable bonds is 4. The predicted molar refractivity (Wildman–Crippen MR) is 66.2 cm³/mol. The molecule has 0 aliphatic carbocycles. The summed E-state index contributed by atoms with van der Waals surface area (Å²) in [4.78, 5) is 11.8. The van der Waals surface area contributed by atoms with Gasteiger partial charge in [-0.25, -0.2) is 22.0 Å². The molecule has 0 aliphatic heterocycles. The molecule has 1 aromatic rings. The summed E-state index contributed by atoms with van der Waals surface area (Å²) in [6.45, 7) is 3.26. The first-order valence-corrected chi connectivity index (χ1v) is 6.70. The van der Waals surface area contributed by atoms with Crippen LogP contribution < -0.4 is 5.32 Å². The fraction of sp³-hybridized carbons (Fsp3) is 0.417. The number of carbonyl (C=O) groups excluding carboxylic acids is 1. The summed E-state index contributed by atoms with van der Waals surface area (Å²) < 4.78 is 65.8. The molecular formula is C12H11BrF5NO. The van der Waals surface area contributed by atoms with Gasteiger partial charge in [0.1, 0.15) is 5.56 Å². The van der Waals surface area contributed by atoms with Crippen molar-refractivity contribution in [1.82, 2.24) is 5.32 Å². The van der Waals surface area contributed by atoms with Crippen LogP contribution in [-0.2, 0) is 0 Å². The molecule has 1 aromatic carbocycles. The lowest BCUT2D eigenvalue weighted by Gasteiger charge is -2.27. The average molecular weight is 360 g/mol. The van der Waals surface area contributed by atoms with E-state index in [2.05, 4.69) is 21.2 Å². The van der Waals surface area contributed by atoms with Gasteiger partial charge in [0.05, 0.1) is 0 Å². The zero-order valence-electron chi connectivity index (χ0n) is 10.6. The molecule has 0 heterocycles. The van der Waals surface area contributed by atoms with E-state index in [1.54, 1.807) is 13.8 Å². The van der Waals surface area contributed by atoms with Gasteiger partial charge in [0, 0.05) is 10.9 Å². The number of benzene rings is 1. The Bertz CT molecular complexity index is 516. The summed E-state index contributed by atoms with van der Waals surface area (Å²) in [6.07, 6.45) is 0.388. The molecular weight excluding hydrogens is 349 g/mol. The zero-order chi connectivity index (χ0) is 15.7. The van der Waals surface area contributed by atoms with Crippen molar-refractivity contribution in [2.75, 3.05) is 5.33 Å². The Morgan fingerprint density at radius 3 is 1.80 bits per heavy atom. The zero-order valence-corrected chi connectivity index (χ0v) is 12.2. The van der Waals surface area contributed by atoms with Gasteiger partial charge in [-0.2, -0.15) is 0 Å². The van der Waals surface area contributed by atoms with Crippen molar-refractivity contribution >= 4 is 21.8 Å². The predicted octanol–water partition coefficient (Wildman–Crippen LogP) is 3.68. The van der Waals surface area contributed by atoms with Crippen LogP contribution in [0.1, 0.15) is 30.6 Å². The molecule has 0 aromatic heterocycles. The molecule has 0 saturated carbocycles. The minimum atomic E-state index is -2.30.